The van der Waals surface area contributed by atoms with Crippen molar-refractivity contribution in [3.8, 4) is 45.5 Å². The first kappa shape index (κ1) is 23.8. The van der Waals surface area contributed by atoms with Gasteiger partial charge in [-0.05, 0) is 94.0 Å². The van der Waals surface area contributed by atoms with Crippen LogP contribution in [0.2, 0.25) is 0 Å². The lowest BCUT2D eigenvalue weighted by molar-refractivity contribution is 0.668. The molecule has 8 rings (SSSR count). The van der Waals surface area contributed by atoms with Crippen LogP contribution in [0.15, 0.2) is 130 Å². The number of para-hydroxylation sites is 1. The van der Waals surface area contributed by atoms with Gasteiger partial charge in [-0.2, -0.15) is 10.5 Å². The minimum Gasteiger partial charge on any atom is -0.456 e. The summed E-state index contributed by atoms with van der Waals surface area (Å²) in [4.78, 5) is 0. The maximum atomic E-state index is 9.71. The Labute approximate surface area is 240 Å². The molecule has 0 spiro atoms. The summed E-state index contributed by atoms with van der Waals surface area (Å²) in [6.07, 6.45) is 0. The molecule has 194 valence electrons. The second-order valence-electron chi connectivity index (χ2n) is 10.4. The van der Waals surface area contributed by atoms with E-state index in [0.717, 1.165) is 77.3 Å². The van der Waals surface area contributed by atoms with E-state index in [-0.39, 0.29) is 0 Å². The summed E-state index contributed by atoms with van der Waals surface area (Å²) in [6, 6.07) is 44.7. The van der Waals surface area contributed by atoms with Gasteiger partial charge in [-0.1, -0.05) is 60.7 Å². The first-order chi connectivity index (χ1) is 20.7. The molecule has 0 saturated heterocycles. The summed E-state index contributed by atoms with van der Waals surface area (Å²) in [7, 11) is 0. The summed E-state index contributed by atoms with van der Waals surface area (Å²) in [5.41, 5.74) is 10.5. The Bertz CT molecular complexity index is 2450. The molecule has 4 nitrogen and oxygen atoms in total. The van der Waals surface area contributed by atoms with Crippen molar-refractivity contribution in [2.75, 3.05) is 0 Å². The topological polar surface area (TPSA) is 73.9 Å². The predicted octanol–water partition coefficient (Wildman–Crippen LogP) is 10.2. The monoisotopic (exact) mass is 536 g/mol. The van der Waals surface area contributed by atoms with E-state index in [1.807, 2.05) is 60.7 Å². The third-order valence-corrected chi connectivity index (χ3v) is 7.94. The number of rotatable bonds is 3. The van der Waals surface area contributed by atoms with Crippen LogP contribution in [0.5, 0.6) is 0 Å². The Kier molecular flexibility index (Phi) is 5.22. The average Bonchev–Trinajstić information content (AvgIpc) is 3.61. The van der Waals surface area contributed by atoms with Crippen LogP contribution >= 0.6 is 0 Å². The van der Waals surface area contributed by atoms with Crippen LogP contribution in [-0.4, -0.2) is 0 Å². The molecule has 0 radical (unpaired) electrons. The van der Waals surface area contributed by atoms with Crippen LogP contribution in [0.4, 0.5) is 0 Å². The zero-order valence-corrected chi connectivity index (χ0v) is 22.3. The molecule has 0 unspecified atom stereocenters. The number of furan rings is 2. The lowest BCUT2D eigenvalue weighted by atomic mass is 9.86. The highest BCUT2D eigenvalue weighted by atomic mass is 16.3. The van der Waals surface area contributed by atoms with Gasteiger partial charge in [-0.25, -0.2) is 0 Å². The van der Waals surface area contributed by atoms with Gasteiger partial charge in [-0.15, -0.1) is 0 Å². The second-order valence-corrected chi connectivity index (χ2v) is 10.4. The molecule has 4 heteroatoms. The maximum absolute atomic E-state index is 9.71. The summed E-state index contributed by atoms with van der Waals surface area (Å²) in [5, 5.41) is 23.2. The molecule has 42 heavy (non-hydrogen) atoms. The average molecular weight is 537 g/mol. The molecule has 0 aliphatic heterocycles. The molecular formula is C38H20N2O2. The molecule has 0 N–H and O–H groups in total. The molecule has 0 atom stereocenters. The van der Waals surface area contributed by atoms with Gasteiger partial charge < -0.3 is 8.83 Å². The van der Waals surface area contributed by atoms with Gasteiger partial charge in [0.05, 0.1) is 23.3 Å². The molecule has 0 amide bonds. The Hall–Kier alpha value is -6.10. The van der Waals surface area contributed by atoms with E-state index in [0.29, 0.717) is 11.1 Å². The number of nitrogens with zero attached hydrogens (tertiary/aromatic N) is 2. The number of hydrogen-bond acceptors (Lipinski definition) is 4. The number of fused-ring (bicyclic) bond motifs is 6. The summed E-state index contributed by atoms with van der Waals surface area (Å²) in [5.74, 6) is 0. The molecule has 0 aliphatic rings. The Morgan fingerprint density at radius 1 is 0.405 bits per heavy atom. The largest absolute Gasteiger partial charge is 0.456 e. The standard InChI is InChI=1S/C38H20N2O2/c39-21-23-5-3-6-27(17-23)38-28(25-13-16-36-33(19-25)32-18-24(22-40)11-15-35(32)41-36)8-4-9-29(38)26-12-14-31-30-7-1-2-10-34(30)42-37(31)20-26/h1-20H. The quantitative estimate of drug-likeness (QED) is 0.225. The van der Waals surface area contributed by atoms with Crippen LogP contribution in [0.3, 0.4) is 0 Å². The Morgan fingerprint density at radius 2 is 1.02 bits per heavy atom. The predicted molar refractivity (Wildman–Crippen MR) is 167 cm³/mol. The fourth-order valence-electron chi connectivity index (χ4n) is 6.00. The third kappa shape index (κ3) is 3.68. The van der Waals surface area contributed by atoms with E-state index in [1.165, 1.54) is 0 Å². The molecule has 6 aromatic carbocycles. The normalized spacial score (nSPS) is 11.3. The fourth-order valence-corrected chi connectivity index (χ4v) is 6.00. The fraction of sp³-hybridized carbons (Fsp3) is 0. The van der Waals surface area contributed by atoms with Crippen LogP contribution in [0, 0.1) is 22.7 Å². The Balaban J connectivity index is 1.39. The highest BCUT2D eigenvalue weighted by Crippen LogP contribution is 2.43. The highest BCUT2D eigenvalue weighted by molar-refractivity contribution is 6.09. The third-order valence-electron chi connectivity index (χ3n) is 7.94. The van der Waals surface area contributed by atoms with Crippen molar-refractivity contribution < 1.29 is 8.83 Å². The molecule has 2 aromatic heterocycles. The van der Waals surface area contributed by atoms with Gasteiger partial charge >= 0.3 is 0 Å². The van der Waals surface area contributed by atoms with E-state index < -0.39 is 0 Å². The minimum atomic E-state index is 0.590. The van der Waals surface area contributed by atoms with Crippen molar-refractivity contribution in [3.05, 3.63) is 132 Å². The van der Waals surface area contributed by atoms with Crippen LogP contribution in [0.1, 0.15) is 11.1 Å². The SMILES string of the molecule is N#Cc1cccc(-c2c(-c3ccc4c(c3)oc3ccccc34)cccc2-c2ccc3oc4ccc(C#N)cc4c3c2)c1. The smallest absolute Gasteiger partial charge is 0.136 e. The first-order valence-corrected chi connectivity index (χ1v) is 13.6. The van der Waals surface area contributed by atoms with Gasteiger partial charge in [-0.3, -0.25) is 0 Å². The zero-order valence-electron chi connectivity index (χ0n) is 22.3. The van der Waals surface area contributed by atoms with Crippen LogP contribution in [0.25, 0.3) is 77.3 Å². The van der Waals surface area contributed by atoms with Crippen molar-refractivity contribution in [3.63, 3.8) is 0 Å². The zero-order chi connectivity index (χ0) is 28.2. The first-order valence-electron chi connectivity index (χ1n) is 13.6. The molecule has 0 aliphatic carbocycles. The lowest BCUT2D eigenvalue weighted by Crippen LogP contribution is -1.91. The molecular weight excluding hydrogens is 516 g/mol. The summed E-state index contributed by atoms with van der Waals surface area (Å²) in [6.45, 7) is 0. The second kappa shape index (κ2) is 9.24. The lowest BCUT2D eigenvalue weighted by Gasteiger charge is -2.17. The van der Waals surface area contributed by atoms with Crippen molar-refractivity contribution in [1.29, 1.82) is 10.5 Å². The van der Waals surface area contributed by atoms with E-state index in [2.05, 4.69) is 66.7 Å². The molecule has 0 fully saturated rings. The van der Waals surface area contributed by atoms with Gasteiger partial charge in [0.15, 0.2) is 0 Å². The summed E-state index contributed by atoms with van der Waals surface area (Å²) >= 11 is 0. The minimum absolute atomic E-state index is 0.590. The number of nitriles is 2. The van der Waals surface area contributed by atoms with E-state index in [9.17, 15) is 10.5 Å². The van der Waals surface area contributed by atoms with Gasteiger partial charge in [0.2, 0.25) is 0 Å². The maximum Gasteiger partial charge on any atom is 0.136 e. The Morgan fingerprint density at radius 3 is 1.86 bits per heavy atom. The van der Waals surface area contributed by atoms with Crippen molar-refractivity contribution in [1.82, 2.24) is 0 Å². The van der Waals surface area contributed by atoms with E-state index >= 15 is 0 Å². The highest BCUT2D eigenvalue weighted by Gasteiger charge is 2.18. The van der Waals surface area contributed by atoms with Crippen molar-refractivity contribution in [2.45, 2.75) is 0 Å². The van der Waals surface area contributed by atoms with Gasteiger partial charge in [0.25, 0.3) is 0 Å². The molecule has 8 aromatic rings. The van der Waals surface area contributed by atoms with Gasteiger partial charge in [0.1, 0.15) is 22.3 Å². The van der Waals surface area contributed by atoms with E-state index in [1.54, 1.807) is 6.07 Å². The van der Waals surface area contributed by atoms with Crippen molar-refractivity contribution in [2.24, 2.45) is 0 Å². The van der Waals surface area contributed by atoms with Crippen LogP contribution in [-0.2, 0) is 0 Å². The summed E-state index contributed by atoms with van der Waals surface area (Å²) < 4.78 is 12.3. The van der Waals surface area contributed by atoms with Crippen molar-refractivity contribution >= 4 is 43.9 Å². The molecule has 0 saturated carbocycles. The molecule has 0 bridgehead atoms. The van der Waals surface area contributed by atoms with Gasteiger partial charge in [0, 0.05) is 21.5 Å². The van der Waals surface area contributed by atoms with Crippen LogP contribution < -0.4 is 0 Å². The van der Waals surface area contributed by atoms with E-state index in [4.69, 9.17) is 8.83 Å². The number of hydrogen-bond donors (Lipinski definition) is 0. The molecule has 2 heterocycles. The number of benzene rings is 6.